The number of rotatable bonds is 5. The van der Waals surface area contributed by atoms with Crippen LogP contribution in [-0.4, -0.2) is 43.3 Å². The van der Waals surface area contributed by atoms with E-state index in [0.29, 0.717) is 6.54 Å². The summed E-state index contributed by atoms with van der Waals surface area (Å²) in [6.07, 6.45) is -0.662. The van der Waals surface area contributed by atoms with Gasteiger partial charge in [0, 0.05) is 19.2 Å². The number of halogens is 3. The van der Waals surface area contributed by atoms with Crippen molar-refractivity contribution in [3.63, 3.8) is 0 Å². The first-order chi connectivity index (χ1) is 7.90. The van der Waals surface area contributed by atoms with Crippen molar-refractivity contribution in [1.29, 1.82) is 0 Å². The van der Waals surface area contributed by atoms with E-state index < -0.39 is 17.7 Å². The third-order valence-electron chi connectivity index (χ3n) is 2.10. The van der Waals surface area contributed by atoms with E-state index >= 15 is 0 Å². The van der Waals surface area contributed by atoms with Gasteiger partial charge in [0.2, 0.25) is 0 Å². The highest BCUT2D eigenvalue weighted by Gasteiger charge is 2.12. The number of aliphatic hydroxyl groups is 1. The Morgan fingerprint density at radius 2 is 2.06 bits per heavy atom. The third-order valence-corrected chi connectivity index (χ3v) is 2.40. The van der Waals surface area contributed by atoms with Crippen molar-refractivity contribution >= 4 is 17.3 Å². The number of nitrogens with zero attached hydrogens (tertiary/aromatic N) is 1. The van der Waals surface area contributed by atoms with E-state index in [0.717, 1.165) is 12.1 Å². The van der Waals surface area contributed by atoms with Crippen molar-refractivity contribution in [2.45, 2.75) is 6.10 Å². The van der Waals surface area contributed by atoms with Crippen LogP contribution in [0.2, 0.25) is 5.02 Å². The summed E-state index contributed by atoms with van der Waals surface area (Å²) < 4.78 is 26.1. The second-order valence-electron chi connectivity index (χ2n) is 4.04. The van der Waals surface area contributed by atoms with Crippen molar-refractivity contribution < 1.29 is 13.9 Å². The lowest BCUT2D eigenvalue weighted by Crippen LogP contribution is -2.31. The largest absolute Gasteiger partial charge is 0.390 e. The van der Waals surface area contributed by atoms with Crippen molar-refractivity contribution in [2.24, 2.45) is 0 Å². The molecule has 0 aromatic heterocycles. The topological polar surface area (TPSA) is 35.5 Å². The SMILES string of the molecule is CN(C)CC(O)CNc1c(F)cc(F)cc1Cl. The molecule has 0 radical (unpaired) electrons. The van der Waals surface area contributed by atoms with Crippen molar-refractivity contribution in [1.82, 2.24) is 4.90 Å². The molecule has 1 unspecified atom stereocenters. The molecule has 0 saturated heterocycles. The highest BCUT2D eigenvalue weighted by atomic mass is 35.5. The van der Waals surface area contributed by atoms with E-state index in [2.05, 4.69) is 5.32 Å². The molecular formula is C11H15ClF2N2O. The fraction of sp³-hybridized carbons (Fsp3) is 0.455. The Bertz CT molecular complexity index is 365. The van der Waals surface area contributed by atoms with Gasteiger partial charge < -0.3 is 15.3 Å². The lowest BCUT2D eigenvalue weighted by atomic mass is 10.2. The van der Waals surface area contributed by atoms with Crippen LogP contribution in [0.1, 0.15) is 0 Å². The van der Waals surface area contributed by atoms with Crippen LogP contribution in [0.3, 0.4) is 0 Å². The number of aliphatic hydroxyl groups excluding tert-OH is 1. The van der Waals surface area contributed by atoms with E-state index in [1.54, 1.807) is 4.90 Å². The quantitative estimate of drug-likeness (QED) is 0.853. The van der Waals surface area contributed by atoms with Crippen molar-refractivity contribution in [3.05, 3.63) is 28.8 Å². The van der Waals surface area contributed by atoms with Gasteiger partial charge in [-0.2, -0.15) is 0 Å². The maximum absolute atomic E-state index is 13.3. The summed E-state index contributed by atoms with van der Waals surface area (Å²) in [4.78, 5) is 1.80. The van der Waals surface area contributed by atoms with Gasteiger partial charge >= 0.3 is 0 Å². The number of benzene rings is 1. The summed E-state index contributed by atoms with van der Waals surface area (Å²) in [5.41, 5.74) is 0.00544. The van der Waals surface area contributed by atoms with Gasteiger partial charge in [0.1, 0.15) is 5.82 Å². The van der Waals surface area contributed by atoms with Crippen LogP contribution in [0.5, 0.6) is 0 Å². The van der Waals surface area contributed by atoms with Gasteiger partial charge in [0.05, 0.1) is 16.8 Å². The molecule has 2 N–H and O–H groups in total. The van der Waals surface area contributed by atoms with E-state index in [4.69, 9.17) is 11.6 Å². The predicted octanol–water partition coefficient (Wildman–Crippen LogP) is 1.95. The number of likely N-dealkylation sites (N-methyl/N-ethyl adjacent to an activating group) is 1. The highest BCUT2D eigenvalue weighted by Crippen LogP contribution is 2.26. The van der Waals surface area contributed by atoms with Gasteiger partial charge in [-0.15, -0.1) is 0 Å². The minimum Gasteiger partial charge on any atom is -0.390 e. The maximum atomic E-state index is 13.3. The van der Waals surface area contributed by atoms with Gasteiger partial charge in [-0.1, -0.05) is 11.6 Å². The number of nitrogens with one attached hydrogen (secondary N) is 1. The zero-order valence-electron chi connectivity index (χ0n) is 9.67. The van der Waals surface area contributed by atoms with Gasteiger partial charge in [0.15, 0.2) is 5.82 Å². The Kier molecular flexibility index (Phi) is 5.11. The Labute approximate surface area is 104 Å². The molecule has 0 aliphatic heterocycles. The van der Waals surface area contributed by atoms with Crippen LogP contribution >= 0.6 is 11.6 Å². The zero-order chi connectivity index (χ0) is 13.0. The van der Waals surface area contributed by atoms with Crippen molar-refractivity contribution in [2.75, 3.05) is 32.5 Å². The minimum absolute atomic E-state index is 0.00544. The standard InChI is InChI=1S/C11H15ClF2N2O/c1-16(2)6-8(17)5-15-11-9(12)3-7(13)4-10(11)14/h3-4,8,15,17H,5-6H2,1-2H3. The first kappa shape index (κ1) is 14.2. The molecule has 96 valence electrons. The fourth-order valence-corrected chi connectivity index (χ4v) is 1.68. The molecule has 0 amide bonds. The molecular weight excluding hydrogens is 250 g/mol. The molecule has 0 bridgehead atoms. The molecule has 3 nitrogen and oxygen atoms in total. The Hall–Kier alpha value is -0.910. The second kappa shape index (κ2) is 6.14. The molecule has 1 aromatic rings. The molecule has 17 heavy (non-hydrogen) atoms. The number of hydrogen-bond donors (Lipinski definition) is 2. The predicted molar refractivity (Wildman–Crippen MR) is 64.4 cm³/mol. The molecule has 0 aliphatic carbocycles. The summed E-state index contributed by atoms with van der Waals surface area (Å²) in [5.74, 6) is -1.50. The molecule has 0 heterocycles. The minimum atomic E-state index is -0.771. The van der Waals surface area contributed by atoms with E-state index in [9.17, 15) is 13.9 Å². The summed E-state index contributed by atoms with van der Waals surface area (Å²) in [6.45, 7) is 0.577. The lowest BCUT2D eigenvalue weighted by Gasteiger charge is -2.17. The summed E-state index contributed by atoms with van der Waals surface area (Å²) in [6, 6.07) is 1.76. The Morgan fingerprint density at radius 3 is 2.59 bits per heavy atom. The van der Waals surface area contributed by atoms with Crippen LogP contribution in [0.15, 0.2) is 12.1 Å². The Morgan fingerprint density at radius 1 is 1.41 bits per heavy atom. The molecule has 1 atom stereocenters. The third kappa shape index (κ3) is 4.46. The van der Waals surface area contributed by atoms with Crippen LogP contribution in [-0.2, 0) is 0 Å². The van der Waals surface area contributed by atoms with Gasteiger partial charge in [-0.05, 0) is 20.2 Å². The van der Waals surface area contributed by atoms with E-state index in [-0.39, 0.29) is 17.3 Å². The molecule has 1 rings (SSSR count). The molecule has 0 fully saturated rings. The van der Waals surface area contributed by atoms with Crippen LogP contribution in [0, 0.1) is 11.6 Å². The van der Waals surface area contributed by atoms with Gasteiger partial charge in [0.25, 0.3) is 0 Å². The maximum Gasteiger partial charge on any atom is 0.150 e. The lowest BCUT2D eigenvalue weighted by molar-refractivity contribution is 0.148. The molecule has 1 aromatic carbocycles. The molecule has 0 aliphatic rings. The average Bonchev–Trinajstić information content (AvgIpc) is 2.14. The van der Waals surface area contributed by atoms with Crippen LogP contribution < -0.4 is 5.32 Å². The second-order valence-corrected chi connectivity index (χ2v) is 4.45. The molecule has 0 spiro atoms. The average molecular weight is 265 g/mol. The first-order valence-corrected chi connectivity index (χ1v) is 5.49. The fourth-order valence-electron chi connectivity index (χ4n) is 1.42. The number of anilines is 1. The first-order valence-electron chi connectivity index (χ1n) is 5.11. The normalized spacial score (nSPS) is 12.9. The summed E-state index contributed by atoms with van der Waals surface area (Å²) in [5, 5.41) is 12.2. The van der Waals surface area contributed by atoms with E-state index in [1.165, 1.54) is 0 Å². The summed E-state index contributed by atoms with van der Waals surface area (Å²) >= 11 is 5.69. The smallest absolute Gasteiger partial charge is 0.150 e. The Balaban J connectivity index is 2.63. The summed E-state index contributed by atoms with van der Waals surface area (Å²) in [7, 11) is 3.63. The highest BCUT2D eigenvalue weighted by molar-refractivity contribution is 6.33. The monoisotopic (exact) mass is 264 g/mol. The number of hydrogen-bond acceptors (Lipinski definition) is 3. The zero-order valence-corrected chi connectivity index (χ0v) is 10.4. The van der Waals surface area contributed by atoms with Gasteiger partial charge in [-0.3, -0.25) is 0 Å². The van der Waals surface area contributed by atoms with E-state index in [1.807, 2.05) is 14.1 Å². The molecule has 0 saturated carbocycles. The van der Waals surface area contributed by atoms with Crippen LogP contribution in [0.25, 0.3) is 0 Å². The van der Waals surface area contributed by atoms with Crippen LogP contribution in [0.4, 0.5) is 14.5 Å². The molecule has 6 heteroatoms. The van der Waals surface area contributed by atoms with Crippen molar-refractivity contribution in [3.8, 4) is 0 Å². The van der Waals surface area contributed by atoms with Gasteiger partial charge in [-0.25, -0.2) is 8.78 Å².